The highest BCUT2D eigenvalue weighted by molar-refractivity contribution is 5.68. The molecule has 0 aliphatic heterocycles. The molecule has 0 spiro atoms. The Bertz CT molecular complexity index is 481. The van der Waals surface area contributed by atoms with E-state index < -0.39 is 11.7 Å². The van der Waals surface area contributed by atoms with Gasteiger partial charge in [-0.15, -0.1) is 0 Å². The normalized spacial score (nSPS) is 10.8. The van der Waals surface area contributed by atoms with Gasteiger partial charge in [0.25, 0.3) is 0 Å². The zero-order chi connectivity index (χ0) is 15.3. The van der Waals surface area contributed by atoms with E-state index in [1.807, 2.05) is 0 Å². The topological polar surface area (TPSA) is 82.8 Å². The van der Waals surface area contributed by atoms with Crippen molar-refractivity contribution < 1.29 is 19.0 Å². The number of carbonyl (C=O) groups is 1. The highest BCUT2D eigenvalue weighted by Gasteiger charge is 2.17. The van der Waals surface area contributed by atoms with Crippen LogP contribution >= 0.6 is 0 Å². The number of nitrogens with two attached hydrogens (primary N) is 1. The van der Waals surface area contributed by atoms with Crippen LogP contribution in [0.15, 0.2) is 12.1 Å². The highest BCUT2D eigenvalue weighted by Crippen LogP contribution is 2.33. The number of methoxy groups -OCH3 is 2. The van der Waals surface area contributed by atoms with E-state index in [1.54, 1.807) is 32.9 Å². The van der Waals surface area contributed by atoms with Crippen molar-refractivity contribution in [2.75, 3.05) is 20.0 Å². The van der Waals surface area contributed by atoms with Crippen LogP contribution in [-0.4, -0.2) is 25.9 Å². The molecule has 6 nitrogen and oxygen atoms in total. The van der Waals surface area contributed by atoms with Gasteiger partial charge in [-0.3, -0.25) is 0 Å². The van der Waals surface area contributed by atoms with Gasteiger partial charge in [-0.25, -0.2) is 4.79 Å². The molecule has 0 fully saturated rings. The van der Waals surface area contributed by atoms with Crippen LogP contribution in [0.3, 0.4) is 0 Å². The van der Waals surface area contributed by atoms with Gasteiger partial charge >= 0.3 is 6.09 Å². The average Bonchev–Trinajstić information content (AvgIpc) is 2.33. The maximum Gasteiger partial charge on any atom is 0.407 e. The standard InChI is InChI=1S/C14H22N2O4/c1-14(2,3)20-13(17)16-8-9-6-10(15)7-11(18-4)12(9)19-5/h6-7H,8,15H2,1-5H3,(H,16,17). The van der Waals surface area contributed by atoms with Crippen molar-refractivity contribution in [1.82, 2.24) is 5.32 Å². The van der Waals surface area contributed by atoms with Gasteiger partial charge in [0, 0.05) is 23.9 Å². The van der Waals surface area contributed by atoms with Gasteiger partial charge in [-0.1, -0.05) is 0 Å². The van der Waals surface area contributed by atoms with E-state index in [0.29, 0.717) is 17.2 Å². The lowest BCUT2D eigenvalue weighted by Gasteiger charge is -2.20. The quantitative estimate of drug-likeness (QED) is 0.828. The first-order valence-electron chi connectivity index (χ1n) is 6.24. The number of nitrogen functional groups attached to an aromatic ring is 1. The summed E-state index contributed by atoms with van der Waals surface area (Å²) in [5, 5.41) is 2.66. The molecule has 0 unspecified atom stereocenters. The summed E-state index contributed by atoms with van der Waals surface area (Å²) in [6, 6.07) is 3.38. The number of hydrogen-bond donors (Lipinski definition) is 2. The minimum atomic E-state index is -0.540. The van der Waals surface area contributed by atoms with Crippen LogP contribution in [0.25, 0.3) is 0 Å². The van der Waals surface area contributed by atoms with Gasteiger partial charge < -0.3 is 25.3 Å². The minimum Gasteiger partial charge on any atom is -0.493 e. The molecule has 0 aromatic heterocycles. The molecule has 1 aromatic rings. The number of alkyl carbamates (subject to hydrolysis) is 1. The molecule has 1 aromatic carbocycles. The van der Waals surface area contributed by atoms with Gasteiger partial charge in [-0.2, -0.15) is 0 Å². The van der Waals surface area contributed by atoms with Gasteiger partial charge in [0.1, 0.15) is 5.60 Å². The van der Waals surface area contributed by atoms with Crippen molar-refractivity contribution in [3.63, 3.8) is 0 Å². The second-order valence-electron chi connectivity index (χ2n) is 5.27. The molecule has 3 N–H and O–H groups in total. The first-order chi connectivity index (χ1) is 9.26. The van der Waals surface area contributed by atoms with Crippen LogP contribution < -0.4 is 20.5 Å². The van der Waals surface area contributed by atoms with Gasteiger partial charge in [0.2, 0.25) is 0 Å². The minimum absolute atomic E-state index is 0.236. The van der Waals surface area contributed by atoms with Crippen molar-refractivity contribution in [2.24, 2.45) is 0 Å². The zero-order valence-electron chi connectivity index (χ0n) is 12.6. The van der Waals surface area contributed by atoms with Crippen molar-refractivity contribution in [2.45, 2.75) is 32.9 Å². The van der Waals surface area contributed by atoms with Gasteiger partial charge in [0.15, 0.2) is 11.5 Å². The smallest absolute Gasteiger partial charge is 0.407 e. The zero-order valence-corrected chi connectivity index (χ0v) is 12.6. The molecule has 1 rings (SSSR count). The molecule has 0 bridgehead atoms. The largest absolute Gasteiger partial charge is 0.493 e. The molecule has 20 heavy (non-hydrogen) atoms. The van der Waals surface area contributed by atoms with Crippen LogP contribution in [0.2, 0.25) is 0 Å². The number of ether oxygens (including phenoxy) is 3. The first kappa shape index (κ1) is 15.9. The Morgan fingerprint density at radius 3 is 2.40 bits per heavy atom. The van der Waals surface area contributed by atoms with Crippen molar-refractivity contribution in [3.05, 3.63) is 17.7 Å². The molecule has 0 saturated carbocycles. The number of rotatable bonds is 4. The monoisotopic (exact) mass is 282 g/mol. The highest BCUT2D eigenvalue weighted by atomic mass is 16.6. The van der Waals surface area contributed by atoms with Crippen LogP contribution in [0.4, 0.5) is 10.5 Å². The van der Waals surface area contributed by atoms with Crippen LogP contribution in [0.5, 0.6) is 11.5 Å². The van der Waals surface area contributed by atoms with Crippen molar-refractivity contribution in [1.29, 1.82) is 0 Å². The summed E-state index contributed by atoms with van der Waals surface area (Å²) < 4.78 is 15.6. The van der Waals surface area contributed by atoms with E-state index in [1.165, 1.54) is 14.2 Å². The van der Waals surface area contributed by atoms with Crippen LogP contribution in [-0.2, 0) is 11.3 Å². The molecule has 112 valence electrons. The molecule has 0 atom stereocenters. The number of nitrogens with one attached hydrogen (secondary N) is 1. The molecule has 0 aliphatic rings. The number of benzene rings is 1. The summed E-state index contributed by atoms with van der Waals surface area (Å²) in [5.74, 6) is 1.06. The fourth-order valence-corrected chi connectivity index (χ4v) is 1.68. The molecule has 1 amide bonds. The molecule has 0 heterocycles. The predicted octanol–water partition coefficient (Wildman–Crippen LogP) is 2.31. The van der Waals surface area contributed by atoms with E-state index in [2.05, 4.69) is 5.32 Å². The fourth-order valence-electron chi connectivity index (χ4n) is 1.68. The van der Waals surface area contributed by atoms with Crippen molar-refractivity contribution in [3.8, 4) is 11.5 Å². The molecular formula is C14H22N2O4. The average molecular weight is 282 g/mol. The lowest BCUT2D eigenvalue weighted by atomic mass is 10.1. The fraction of sp³-hybridized carbons (Fsp3) is 0.500. The first-order valence-corrected chi connectivity index (χ1v) is 6.24. The summed E-state index contributed by atoms with van der Waals surface area (Å²) >= 11 is 0. The summed E-state index contributed by atoms with van der Waals surface area (Å²) in [6.45, 7) is 5.64. The maximum atomic E-state index is 11.6. The van der Waals surface area contributed by atoms with Crippen LogP contribution in [0.1, 0.15) is 26.3 Å². The van der Waals surface area contributed by atoms with E-state index in [-0.39, 0.29) is 6.54 Å². The Morgan fingerprint density at radius 1 is 1.25 bits per heavy atom. The Morgan fingerprint density at radius 2 is 1.90 bits per heavy atom. The predicted molar refractivity (Wildman–Crippen MR) is 77.0 cm³/mol. The summed E-state index contributed by atoms with van der Waals surface area (Å²) in [4.78, 5) is 11.6. The number of amides is 1. The van der Waals surface area contributed by atoms with E-state index in [9.17, 15) is 4.79 Å². The lowest BCUT2D eigenvalue weighted by Crippen LogP contribution is -2.32. The van der Waals surface area contributed by atoms with Gasteiger partial charge in [-0.05, 0) is 26.8 Å². The summed E-state index contributed by atoms with van der Waals surface area (Å²) in [5.41, 5.74) is 6.50. The second kappa shape index (κ2) is 6.36. The maximum absolute atomic E-state index is 11.6. The summed E-state index contributed by atoms with van der Waals surface area (Å²) in [7, 11) is 3.06. The third-order valence-corrected chi connectivity index (χ3v) is 2.40. The number of hydrogen-bond acceptors (Lipinski definition) is 5. The van der Waals surface area contributed by atoms with E-state index in [4.69, 9.17) is 19.9 Å². The lowest BCUT2D eigenvalue weighted by molar-refractivity contribution is 0.0523. The Kier molecular flexibility index (Phi) is 5.07. The van der Waals surface area contributed by atoms with Crippen LogP contribution in [0, 0.1) is 0 Å². The molecule has 0 saturated heterocycles. The van der Waals surface area contributed by atoms with Gasteiger partial charge in [0.05, 0.1) is 14.2 Å². The number of anilines is 1. The molecule has 0 radical (unpaired) electrons. The van der Waals surface area contributed by atoms with Crippen molar-refractivity contribution >= 4 is 11.8 Å². The number of carbonyl (C=O) groups excluding carboxylic acids is 1. The van der Waals surface area contributed by atoms with E-state index in [0.717, 1.165) is 5.56 Å². The molecule has 0 aliphatic carbocycles. The Hall–Kier alpha value is -2.11. The SMILES string of the molecule is COc1cc(N)cc(CNC(=O)OC(C)(C)C)c1OC. The third-order valence-electron chi connectivity index (χ3n) is 2.40. The second-order valence-corrected chi connectivity index (χ2v) is 5.27. The summed E-state index contributed by atoms with van der Waals surface area (Å²) in [6.07, 6.45) is -0.499. The Balaban J connectivity index is 2.82. The third kappa shape index (κ3) is 4.53. The van der Waals surface area contributed by atoms with E-state index >= 15 is 0 Å². The Labute approximate surface area is 119 Å². The molecular weight excluding hydrogens is 260 g/mol. The molecule has 6 heteroatoms.